The molecular formula is C19H25BN6O3. The number of carbonyl (C=O) groups is 2. The van der Waals surface area contributed by atoms with Crippen LogP contribution in [0.3, 0.4) is 0 Å². The summed E-state index contributed by atoms with van der Waals surface area (Å²) in [5.74, 6) is -0.315. The quantitative estimate of drug-likeness (QED) is 0.486. The highest BCUT2D eigenvalue weighted by Crippen LogP contribution is 2.31. The zero-order valence-electron chi connectivity index (χ0n) is 16.3. The molecule has 2 aromatic rings. The Bertz CT molecular complexity index is 903. The number of anilines is 2. The maximum Gasteiger partial charge on any atom is 0.250 e. The first kappa shape index (κ1) is 19.7. The topological polar surface area (TPSA) is 114 Å². The number of aromatic nitrogens is 2. The lowest BCUT2D eigenvalue weighted by Crippen LogP contribution is -2.50. The Kier molecular flexibility index (Phi) is 5.73. The number of fused-ring (bicyclic) bond motifs is 1. The summed E-state index contributed by atoms with van der Waals surface area (Å²) in [5, 5.41) is 15.8. The number of aromatic amines is 1. The summed E-state index contributed by atoms with van der Waals surface area (Å²) in [4.78, 5) is 35.6. The molecule has 2 radical (unpaired) electrons. The number of aliphatic hydroxyl groups excluding tert-OH is 1. The number of piperazine rings is 1. The van der Waals surface area contributed by atoms with E-state index in [-0.39, 0.29) is 5.91 Å². The van der Waals surface area contributed by atoms with Crippen LogP contribution >= 0.6 is 0 Å². The van der Waals surface area contributed by atoms with Gasteiger partial charge in [-0.15, -0.1) is 0 Å². The maximum atomic E-state index is 12.6. The van der Waals surface area contributed by atoms with Crippen molar-refractivity contribution in [2.75, 3.05) is 49.5 Å². The first-order chi connectivity index (χ1) is 14.1. The number of carbonyl (C=O) groups excluding carboxylic acids is 2. The minimum atomic E-state index is -0.603. The molecule has 2 aromatic heterocycles. The van der Waals surface area contributed by atoms with Crippen LogP contribution in [0.4, 0.5) is 11.4 Å². The monoisotopic (exact) mass is 396 g/mol. The summed E-state index contributed by atoms with van der Waals surface area (Å²) in [6.45, 7) is 2.93. The van der Waals surface area contributed by atoms with Crippen LogP contribution in [0.15, 0.2) is 12.4 Å². The normalized spacial score (nSPS) is 19.7. The van der Waals surface area contributed by atoms with Crippen molar-refractivity contribution < 1.29 is 14.7 Å². The third-order valence-electron chi connectivity index (χ3n) is 5.65. The summed E-state index contributed by atoms with van der Waals surface area (Å²) in [6.07, 6.45) is 5.98. The van der Waals surface area contributed by atoms with E-state index in [2.05, 4.69) is 25.5 Å². The number of hydrogen-bond acceptors (Lipinski definition) is 6. The van der Waals surface area contributed by atoms with Crippen molar-refractivity contribution in [3.63, 3.8) is 0 Å². The Morgan fingerprint density at radius 1 is 1.31 bits per heavy atom. The van der Waals surface area contributed by atoms with Gasteiger partial charge in [0.15, 0.2) is 0 Å². The lowest BCUT2D eigenvalue weighted by Gasteiger charge is -2.37. The highest BCUT2D eigenvalue weighted by molar-refractivity contribution is 6.38. The minimum Gasteiger partial charge on any atom is -0.387 e. The molecule has 10 heteroatoms. The van der Waals surface area contributed by atoms with Gasteiger partial charge in [-0.3, -0.25) is 9.59 Å². The van der Waals surface area contributed by atoms with E-state index >= 15 is 0 Å². The second-order valence-electron chi connectivity index (χ2n) is 7.56. The van der Waals surface area contributed by atoms with Crippen LogP contribution in [-0.2, 0) is 9.59 Å². The van der Waals surface area contributed by atoms with Crippen molar-refractivity contribution >= 4 is 47.5 Å². The van der Waals surface area contributed by atoms with Gasteiger partial charge in [0.2, 0.25) is 11.8 Å². The molecule has 1 atom stereocenters. The molecule has 2 aliphatic rings. The van der Waals surface area contributed by atoms with Crippen LogP contribution < -0.4 is 21.0 Å². The second-order valence-corrected chi connectivity index (χ2v) is 7.56. The highest BCUT2D eigenvalue weighted by Gasteiger charge is 2.27. The average Bonchev–Trinajstić information content (AvgIpc) is 3.38. The molecule has 4 rings (SSSR count). The summed E-state index contributed by atoms with van der Waals surface area (Å²) >= 11 is 0. The summed E-state index contributed by atoms with van der Waals surface area (Å²) < 4.78 is 0. The molecule has 2 saturated heterocycles. The lowest BCUT2D eigenvalue weighted by molar-refractivity contribution is -0.132. The smallest absolute Gasteiger partial charge is 0.250 e. The third kappa shape index (κ3) is 4.08. The number of pyridine rings is 1. The number of amides is 2. The molecule has 0 spiro atoms. The van der Waals surface area contributed by atoms with Crippen molar-refractivity contribution in [1.29, 1.82) is 0 Å². The van der Waals surface area contributed by atoms with Crippen LogP contribution in [0.2, 0.25) is 0 Å². The zero-order valence-corrected chi connectivity index (χ0v) is 16.3. The molecule has 29 heavy (non-hydrogen) atoms. The number of aliphatic hydroxyl groups is 1. The molecule has 0 aliphatic carbocycles. The second kappa shape index (κ2) is 8.42. The van der Waals surface area contributed by atoms with E-state index in [0.717, 1.165) is 25.1 Å². The van der Waals surface area contributed by atoms with E-state index in [1.807, 2.05) is 4.90 Å². The van der Waals surface area contributed by atoms with Gasteiger partial charge in [-0.1, -0.05) is 5.46 Å². The zero-order chi connectivity index (χ0) is 20.4. The predicted molar refractivity (Wildman–Crippen MR) is 112 cm³/mol. The first-order valence-corrected chi connectivity index (χ1v) is 9.99. The van der Waals surface area contributed by atoms with Crippen molar-refractivity contribution in [3.05, 3.63) is 12.4 Å². The molecule has 9 nitrogen and oxygen atoms in total. The first-order valence-electron chi connectivity index (χ1n) is 9.99. The van der Waals surface area contributed by atoms with Gasteiger partial charge in [0, 0.05) is 56.7 Å². The van der Waals surface area contributed by atoms with Gasteiger partial charge in [-0.25, -0.2) is 4.98 Å². The molecule has 1 unspecified atom stereocenters. The summed E-state index contributed by atoms with van der Waals surface area (Å²) in [6, 6.07) is 0.300. The van der Waals surface area contributed by atoms with E-state index < -0.39 is 12.5 Å². The van der Waals surface area contributed by atoms with Crippen LogP contribution in [0.5, 0.6) is 0 Å². The standard InChI is InChI=1S/C19H25BN6O3/c20-13-9-22-19-17(14(10-23-19)24-15(28)11-27)18(13)26-6-4-25(5-7-26)16(29)8-12-2-1-3-21-12/h9-10,12,21,27H,1-8,11H2,(H,22,23)(H,24,28). The van der Waals surface area contributed by atoms with Gasteiger partial charge in [0.05, 0.1) is 11.1 Å². The lowest BCUT2D eigenvalue weighted by atomic mass is 9.93. The van der Waals surface area contributed by atoms with Crippen LogP contribution in [0.25, 0.3) is 11.0 Å². The molecule has 152 valence electrons. The van der Waals surface area contributed by atoms with Gasteiger partial charge in [0.1, 0.15) is 20.1 Å². The van der Waals surface area contributed by atoms with Crippen molar-refractivity contribution in [3.8, 4) is 0 Å². The van der Waals surface area contributed by atoms with Gasteiger partial charge < -0.3 is 30.5 Å². The van der Waals surface area contributed by atoms with E-state index in [4.69, 9.17) is 13.0 Å². The molecule has 0 saturated carbocycles. The van der Waals surface area contributed by atoms with E-state index in [1.165, 1.54) is 0 Å². The van der Waals surface area contributed by atoms with Gasteiger partial charge in [-0.2, -0.15) is 0 Å². The van der Waals surface area contributed by atoms with Gasteiger partial charge in [-0.05, 0) is 19.4 Å². The fraction of sp³-hybridized carbons (Fsp3) is 0.526. The number of nitrogens with one attached hydrogen (secondary N) is 3. The van der Waals surface area contributed by atoms with Crippen LogP contribution in [0.1, 0.15) is 19.3 Å². The molecule has 2 aliphatic heterocycles. The number of H-pyrrole nitrogens is 1. The Labute approximate surface area is 170 Å². The fourth-order valence-electron chi connectivity index (χ4n) is 4.17. The van der Waals surface area contributed by atoms with E-state index in [9.17, 15) is 9.59 Å². The van der Waals surface area contributed by atoms with Crippen molar-refractivity contribution in [2.45, 2.75) is 25.3 Å². The van der Waals surface area contributed by atoms with Gasteiger partial charge >= 0.3 is 0 Å². The maximum absolute atomic E-state index is 12.6. The van der Waals surface area contributed by atoms with Crippen LogP contribution in [0, 0.1) is 0 Å². The average molecular weight is 396 g/mol. The number of rotatable bonds is 5. The third-order valence-corrected chi connectivity index (χ3v) is 5.65. The molecule has 4 heterocycles. The molecule has 2 fully saturated rings. The predicted octanol–water partition coefficient (Wildman–Crippen LogP) is -0.922. The minimum absolute atomic E-state index is 0.189. The summed E-state index contributed by atoms with van der Waals surface area (Å²) in [5.41, 5.74) is 2.42. The van der Waals surface area contributed by atoms with Crippen molar-refractivity contribution in [1.82, 2.24) is 20.2 Å². The molecule has 2 amide bonds. The highest BCUT2D eigenvalue weighted by atomic mass is 16.3. The van der Waals surface area contributed by atoms with Crippen molar-refractivity contribution in [2.24, 2.45) is 0 Å². The van der Waals surface area contributed by atoms with Crippen LogP contribution in [-0.4, -0.2) is 85.0 Å². The summed E-state index contributed by atoms with van der Waals surface area (Å²) in [7, 11) is 6.24. The van der Waals surface area contributed by atoms with E-state index in [1.54, 1.807) is 12.4 Å². The molecule has 4 N–H and O–H groups in total. The fourth-order valence-corrected chi connectivity index (χ4v) is 4.17. The number of hydrogen-bond donors (Lipinski definition) is 4. The SMILES string of the molecule is [B]c1cnc2[nH]cc(NC(=O)CO)c2c1N1CCN(C(=O)CC2CCCN2)CC1. The van der Waals surface area contributed by atoms with E-state index in [0.29, 0.717) is 60.8 Å². The molecular weight excluding hydrogens is 371 g/mol. The van der Waals surface area contributed by atoms with Gasteiger partial charge in [0.25, 0.3) is 0 Å². The Balaban J connectivity index is 1.50. The Hall–Kier alpha value is -2.59. The Morgan fingerprint density at radius 3 is 2.79 bits per heavy atom. The largest absolute Gasteiger partial charge is 0.387 e. The number of nitrogens with zero attached hydrogens (tertiary/aromatic N) is 3. The molecule has 0 aromatic carbocycles. The molecule has 0 bridgehead atoms. The Morgan fingerprint density at radius 2 is 2.10 bits per heavy atom.